The lowest BCUT2D eigenvalue weighted by molar-refractivity contribution is -0.142. The number of unbranched alkanes of at least 4 members (excludes halogenated alkanes) is 5. The van der Waals surface area contributed by atoms with Crippen molar-refractivity contribution in [1.82, 2.24) is 31.1 Å². The summed E-state index contributed by atoms with van der Waals surface area (Å²) < 4.78 is 0. The summed E-state index contributed by atoms with van der Waals surface area (Å²) in [4.78, 5) is 33.4. The third-order valence-corrected chi connectivity index (χ3v) is 12.9. The van der Waals surface area contributed by atoms with E-state index in [9.17, 15) is 9.59 Å². The smallest absolute Gasteiger partial charge is 0.223 e. The summed E-state index contributed by atoms with van der Waals surface area (Å²) >= 11 is 0. The third-order valence-electron chi connectivity index (χ3n) is 12.9. The predicted molar refractivity (Wildman–Crippen MR) is 228 cm³/mol. The minimum absolute atomic E-state index is 0.0110. The molecule has 2 amide bonds. The third kappa shape index (κ3) is 13.2. The molecular formula is C46H88N6O2. The summed E-state index contributed by atoms with van der Waals surface area (Å²) in [5.41, 5.74) is -0.0882. The Morgan fingerprint density at radius 2 is 0.519 bits per heavy atom. The molecule has 4 saturated heterocycles. The van der Waals surface area contributed by atoms with Gasteiger partial charge in [-0.2, -0.15) is 0 Å². The van der Waals surface area contributed by atoms with E-state index in [2.05, 4.69) is 142 Å². The number of hydrogen-bond acceptors (Lipinski definition) is 6. The van der Waals surface area contributed by atoms with Gasteiger partial charge in [0, 0.05) is 81.3 Å². The molecule has 4 rings (SSSR count). The summed E-state index contributed by atoms with van der Waals surface area (Å²) in [6.45, 7) is 36.8. The summed E-state index contributed by atoms with van der Waals surface area (Å²) in [6, 6.07) is 0.998. The number of rotatable bonds is 13. The number of carbonyl (C=O) groups excluding carboxylic acids is 2. The van der Waals surface area contributed by atoms with E-state index < -0.39 is 0 Å². The maximum absolute atomic E-state index is 14.3. The van der Waals surface area contributed by atoms with Crippen molar-refractivity contribution in [3.05, 3.63) is 0 Å². The lowest BCUT2D eigenvalue weighted by Crippen LogP contribution is -2.67. The molecule has 314 valence electrons. The fourth-order valence-corrected chi connectivity index (χ4v) is 12.8. The molecule has 0 spiro atoms. The summed E-state index contributed by atoms with van der Waals surface area (Å²) in [6.07, 6.45) is 15.5. The molecule has 4 fully saturated rings. The van der Waals surface area contributed by atoms with Crippen molar-refractivity contribution in [2.75, 3.05) is 0 Å². The van der Waals surface area contributed by atoms with Crippen LogP contribution in [0.5, 0.6) is 0 Å². The first-order valence-corrected chi connectivity index (χ1v) is 22.2. The highest BCUT2D eigenvalue weighted by molar-refractivity contribution is 5.77. The van der Waals surface area contributed by atoms with E-state index >= 15 is 0 Å². The molecule has 4 aliphatic heterocycles. The predicted octanol–water partition coefficient (Wildman–Crippen LogP) is 9.00. The molecule has 8 heteroatoms. The minimum atomic E-state index is -0.0110. The SMILES string of the molecule is CC1(C)CC(N(C(=O)CCCCCCCCC(=O)N(C2CC(C)(C)NC(C)(C)C2)C2CC(C)(C)NC(C)(C)C2)C2CC(C)(C)NC(C)(C)C2)CC(C)(C)N1. The molecule has 4 N–H and O–H groups in total. The highest BCUT2D eigenvalue weighted by Crippen LogP contribution is 2.40. The van der Waals surface area contributed by atoms with Gasteiger partial charge in [0.25, 0.3) is 0 Å². The van der Waals surface area contributed by atoms with E-state index in [0.29, 0.717) is 24.7 Å². The molecule has 0 radical (unpaired) electrons. The topological polar surface area (TPSA) is 88.7 Å². The summed E-state index contributed by atoms with van der Waals surface area (Å²) in [7, 11) is 0. The van der Waals surface area contributed by atoms with Crippen molar-refractivity contribution in [3.8, 4) is 0 Å². The van der Waals surface area contributed by atoms with Gasteiger partial charge < -0.3 is 31.1 Å². The molecule has 0 bridgehead atoms. The van der Waals surface area contributed by atoms with Gasteiger partial charge in [-0.25, -0.2) is 0 Å². The Kier molecular flexibility index (Phi) is 13.6. The molecule has 0 unspecified atom stereocenters. The highest BCUT2D eigenvalue weighted by Gasteiger charge is 2.49. The van der Waals surface area contributed by atoms with Crippen LogP contribution in [0.2, 0.25) is 0 Å². The minimum Gasteiger partial charge on any atom is -0.336 e. The van der Waals surface area contributed by atoms with E-state index in [4.69, 9.17) is 0 Å². The van der Waals surface area contributed by atoms with Crippen LogP contribution in [-0.2, 0) is 9.59 Å². The van der Waals surface area contributed by atoms with Gasteiger partial charge in [-0.3, -0.25) is 9.59 Å². The Bertz CT molecular complexity index is 1060. The van der Waals surface area contributed by atoms with Crippen molar-refractivity contribution >= 4 is 11.8 Å². The van der Waals surface area contributed by atoms with Gasteiger partial charge in [0.05, 0.1) is 0 Å². The molecule has 0 aromatic heterocycles. The molecule has 0 atom stereocenters. The van der Waals surface area contributed by atoms with Gasteiger partial charge in [0.2, 0.25) is 11.8 Å². The second-order valence-corrected chi connectivity index (χ2v) is 24.0. The molecule has 0 aliphatic carbocycles. The Hall–Kier alpha value is -1.22. The van der Waals surface area contributed by atoms with Crippen molar-refractivity contribution in [2.45, 2.75) is 282 Å². The van der Waals surface area contributed by atoms with E-state index in [-0.39, 0.29) is 68.5 Å². The second-order valence-electron chi connectivity index (χ2n) is 24.0. The number of hydrogen-bond donors (Lipinski definition) is 4. The van der Waals surface area contributed by atoms with Crippen LogP contribution >= 0.6 is 0 Å². The Morgan fingerprint density at radius 3 is 0.704 bits per heavy atom. The lowest BCUT2D eigenvalue weighted by atomic mass is 9.75. The normalized spacial score (nSPS) is 27.6. The lowest BCUT2D eigenvalue weighted by Gasteiger charge is -2.55. The van der Waals surface area contributed by atoms with Gasteiger partial charge >= 0.3 is 0 Å². The van der Waals surface area contributed by atoms with E-state index in [1.807, 2.05) is 0 Å². The Morgan fingerprint density at radius 1 is 0.352 bits per heavy atom. The first kappa shape index (κ1) is 45.5. The zero-order chi connectivity index (χ0) is 40.8. The van der Waals surface area contributed by atoms with Gasteiger partial charge in [-0.05, 0) is 175 Å². The number of amides is 2. The maximum Gasteiger partial charge on any atom is 0.223 e. The molecule has 8 nitrogen and oxygen atoms in total. The molecule has 0 aromatic carbocycles. The molecule has 54 heavy (non-hydrogen) atoms. The van der Waals surface area contributed by atoms with Crippen molar-refractivity contribution < 1.29 is 9.59 Å². The molecule has 0 saturated carbocycles. The number of piperidine rings is 4. The van der Waals surface area contributed by atoms with Gasteiger partial charge in [0.15, 0.2) is 0 Å². The van der Waals surface area contributed by atoms with Gasteiger partial charge in [0.1, 0.15) is 0 Å². The van der Waals surface area contributed by atoms with Crippen LogP contribution in [0.25, 0.3) is 0 Å². The largest absolute Gasteiger partial charge is 0.336 e. The average molecular weight is 757 g/mol. The summed E-state index contributed by atoms with van der Waals surface area (Å²) in [5.74, 6) is 0.706. The van der Waals surface area contributed by atoms with Gasteiger partial charge in [-0.1, -0.05) is 25.7 Å². The standard InChI is InChI=1S/C46H88N6O2/c1-39(2)25-33(26-40(3,4)47-39)51(34-27-41(5,6)48-42(7,8)28-34)37(53)23-21-19-17-18-20-22-24-38(54)52(35-29-43(9,10)49-44(11,12)30-35)36-31-45(13,14)50-46(15,16)32-36/h33-36,47-50H,17-32H2,1-16H3. The van der Waals surface area contributed by atoms with Crippen molar-refractivity contribution in [1.29, 1.82) is 0 Å². The highest BCUT2D eigenvalue weighted by atomic mass is 16.2. The number of carbonyl (C=O) groups is 2. The van der Waals surface area contributed by atoms with E-state index in [1.54, 1.807) is 0 Å². The zero-order valence-electron chi connectivity index (χ0n) is 38.3. The van der Waals surface area contributed by atoms with E-state index in [1.165, 1.54) is 0 Å². The monoisotopic (exact) mass is 757 g/mol. The van der Waals surface area contributed by atoms with Gasteiger partial charge in [-0.15, -0.1) is 0 Å². The Labute approximate surface area is 333 Å². The first-order valence-electron chi connectivity index (χ1n) is 22.2. The van der Waals surface area contributed by atoms with Crippen molar-refractivity contribution in [2.24, 2.45) is 0 Å². The maximum atomic E-state index is 14.3. The average Bonchev–Trinajstić information content (AvgIpc) is 2.87. The van der Waals surface area contributed by atoms with Crippen LogP contribution < -0.4 is 21.3 Å². The number of nitrogens with one attached hydrogen (secondary N) is 4. The van der Waals surface area contributed by atoms with Crippen LogP contribution in [0.1, 0.15) is 214 Å². The fourth-order valence-electron chi connectivity index (χ4n) is 12.8. The molecular weight excluding hydrogens is 669 g/mol. The Balaban J connectivity index is 1.32. The van der Waals surface area contributed by atoms with Crippen LogP contribution in [0.3, 0.4) is 0 Å². The second kappa shape index (κ2) is 16.2. The summed E-state index contributed by atoms with van der Waals surface area (Å²) in [5, 5.41) is 15.4. The molecule has 4 heterocycles. The number of nitrogens with zero attached hydrogens (tertiary/aromatic N) is 2. The quantitative estimate of drug-likeness (QED) is 0.140. The zero-order valence-corrected chi connectivity index (χ0v) is 38.3. The van der Waals surface area contributed by atoms with Crippen molar-refractivity contribution in [3.63, 3.8) is 0 Å². The fraction of sp³-hybridized carbons (Fsp3) is 0.957. The van der Waals surface area contributed by atoms with Crippen LogP contribution in [0.4, 0.5) is 0 Å². The van der Waals surface area contributed by atoms with Crippen LogP contribution in [0.15, 0.2) is 0 Å². The molecule has 4 aliphatic rings. The van der Waals surface area contributed by atoms with Crippen LogP contribution in [-0.4, -0.2) is 90.1 Å². The van der Waals surface area contributed by atoms with E-state index in [0.717, 1.165) is 89.9 Å². The molecule has 0 aromatic rings. The van der Waals surface area contributed by atoms with Crippen LogP contribution in [0, 0.1) is 0 Å². The first-order chi connectivity index (χ1) is 24.4.